The molecule has 19 heavy (non-hydrogen) atoms. The van der Waals surface area contributed by atoms with Crippen LogP contribution in [0.5, 0.6) is 0 Å². The van der Waals surface area contributed by atoms with Crippen LogP contribution in [0.4, 0.5) is 13.2 Å². The Morgan fingerprint density at radius 1 is 1.32 bits per heavy atom. The minimum absolute atomic E-state index is 0.161. The zero-order valence-corrected chi connectivity index (χ0v) is 11.6. The molecule has 0 aliphatic carbocycles. The number of rotatable bonds is 1. The molecule has 0 bridgehead atoms. The van der Waals surface area contributed by atoms with E-state index in [2.05, 4.69) is 21.0 Å². The molecule has 0 N–H and O–H groups in total. The van der Waals surface area contributed by atoms with Crippen LogP contribution in [0.3, 0.4) is 0 Å². The van der Waals surface area contributed by atoms with Crippen LogP contribution >= 0.6 is 15.9 Å². The van der Waals surface area contributed by atoms with Crippen molar-refractivity contribution in [2.75, 3.05) is 0 Å². The summed E-state index contributed by atoms with van der Waals surface area (Å²) >= 11 is 3.22. The Bertz CT molecular complexity index is 687. The van der Waals surface area contributed by atoms with Gasteiger partial charge in [0.1, 0.15) is 0 Å². The summed E-state index contributed by atoms with van der Waals surface area (Å²) in [5.74, 6) is -1.23. The number of aryl methyl sites for hydroxylation is 2. The van der Waals surface area contributed by atoms with Crippen molar-refractivity contribution in [3.8, 4) is 5.69 Å². The average Bonchev–Trinajstić information content (AvgIpc) is 2.56. The summed E-state index contributed by atoms with van der Waals surface area (Å²) < 4.78 is 40.6. The Kier molecular flexibility index (Phi) is 3.29. The van der Waals surface area contributed by atoms with E-state index in [1.807, 2.05) is 0 Å². The van der Waals surface area contributed by atoms with E-state index in [9.17, 15) is 18.0 Å². The molecule has 1 heterocycles. The lowest BCUT2D eigenvalue weighted by Gasteiger charge is -2.10. The van der Waals surface area contributed by atoms with Gasteiger partial charge in [-0.1, -0.05) is 15.9 Å². The van der Waals surface area contributed by atoms with Gasteiger partial charge in [-0.15, -0.1) is 5.10 Å². The first-order chi connectivity index (χ1) is 8.71. The zero-order chi connectivity index (χ0) is 14.4. The molecule has 1 aromatic carbocycles. The van der Waals surface area contributed by atoms with Gasteiger partial charge < -0.3 is 0 Å². The van der Waals surface area contributed by atoms with Gasteiger partial charge in [0.05, 0.1) is 5.69 Å². The van der Waals surface area contributed by atoms with Gasteiger partial charge in [0, 0.05) is 11.5 Å². The van der Waals surface area contributed by atoms with E-state index in [4.69, 9.17) is 0 Å². The molecule has 0 fully saturated rings. The molecule has 0 atom stereocenters. The van der Waals surface area contributed by atoms with Crippen molar-refractivity contribution in [2.45, 2.75) is 13.1 Å². The summed E-state index contributed by atoms with van der Waals surface area (Å²) in [5.41, 5.74) is -0.138. The fourth-order valence-electron chi connectivity index (χ4n) is 1.74. The Hall–Kier alpha value is -1.57. The smallest absolute Gasteiger partial charge is 0.246 e. The first kappa shape index (κ1) is 13.9. The summed E-state index contributed by atoms with van der Waals surface area (Å²) in [5, 5.41) is 3.25. The van der Waals surface area contributed by atoms with Gasteiger partial charge in [-0.2, -0.15) is 13.2 Å². The summed E-state index contributed by atoms with van der Waals surface area (Å²) in [6, 6.07) is 4.65. The Balaban J connectivity index is 2.78. The van der Waals surface area contributed by atoms with Crippen LogP contribution < -0.4 is 5.69 Å². The maximum Gasteiger partial charge on any atom is 0.452 e. The number of alkyl halides is 3. The number of hydrogen-bond donors (Lipinski definition) is 0. The van der Waals surface area contributed by atoms with E-state index in [0.717, 1.165) is 4.47 Å². The predicted molar refractivity (Wildman–Crippen MR) is 66.2 cm³/mol. The molecular formula is C11H9BrF3N3O. The standard InChI is InChI=1S/C11H9BrF3N3O/c1-6-5-7(12)3-4-8(6)18-9(11(13,14)15)16-17(2)10(18)19/h3-5H,1-2H3. The molecule has 0 unspecified atom stereocenters. The normalized spacial score (nSPS) is 11.9. The fraction of sp³-hybridized carbons (Fsp3) is 0.273. The van der Waals surface area contributed by atoms with Gasteiger partial charge >= 0.3 is 11.9 Å². The zero-order valence-electron chi connectivity index (χ0n) is 9.99. The van der Waals surface area contributed by atoms with Crippen molar-refractivity contribution in [1.29, 1.82) is 0 Å². The van der Waals surface area contributed by atoms with E-state index < -0.39 is 17.7 Å². The second kappa shape index (κ2) is 4.52. The van der Waals surface area contributed by atoms with Crippen LogP contribution in [0.2, 0.25) is 0 Å². The molecule has 2 rings (SSSR count). The summed E-state index contributed by atoms with van der Waals surface area (Å²) in [4.78, 5) is 11.8. The third kappa shape index (κ3) is 2.44. The van der Waals surface area contributed by atoms with Crippen LogP contribution in [-0.4, -0.2) is 14.3 Å². The summed E-state index contributed by atoms with van der Waals surface area (Å²) in [6.45, 7) is 1.62. The molecular weight excluding hydrogens is 327 g/mol. The third-order valence-corrected chi connectivity index (χ3v) is 3.07. The highest BCUT2D eigenvalue weighted by molar-refractivity contribution is 9.10. The van der Waals surface area contributed by atoms with Crippen LogP contribution in [0.15, 0.2) is 27.5 Å². The molecule has 0 saturated heterocycles. The molecule has 102 valence electrons. The largest absolute Gasteiger partial charge is 0.452 e. The number of benzene rings is 1. The molecule has 8 heteroatoms. The van der Waals surface area contributed by atoms with Crippen molar-refractivity contribution in [3.63, 3.8) is 0 Å². The molecule has 2 aromatic rings. The molecule has 0 saturated carbocycles. The Morgan fingerprint density at radius 3 is 2.47 bits per heavy atom. The Labute approximate surface area is 114 Å². The quantitative estimate of drug-likeness (QED) is 0.803. The van der Waals surface area contributed by atoms with Gasteiger partial charge in [0.25, 0.3) is 0 Å². The monoisotopic (exact) mass is 335 g/mol. The minimum atomic E-state index is -4.69. The molecule has 1 aromatic heterocycles. The highest BCUT2D eigenvalue weighted by Gasteiger charge is 2.39. The van der Waals surface area contributed by atoms with E-state index in [1.165, 1.54) is 13.1 Å². The third-order valence-electron chi connectivity index (χ3n) is 2.58. The number of halogens is 4. The van der Waals surface area contributed by atoms with Crippen LogP contribution in [0.25, 0.3) is 5.69 Å². The molecule has 0 aliphatic heterocycles. The van der Waals surface area contributed by atoms with Crippen LogP contribution in [-0.2, 0) is 13.2 Å². The molecule has 0 spiro atoms. The van der Waals surface area contributed by atoms with Crippen molar-refractivity contribution in [2.24, 2.45) is 7.05 Å². The highest BCUT2D eigenvalue weighted by atomic mass is 79.9. The van der Waals surface area contributed by atoms with E-state index in [-0.39, 0.29) is 5.69 Å². The van der Waals surface area contributed by atoms with E-state index in [0.29, 0.717) is 14.8 Å². The molecule has 0 amide bonds. The minimum Gasteiger partial charge on any atom is -0.246 e. The fourth-order valence-corrected chi connectivity index (χ4v) is 2.21. The van der Waals surface area contributed by atoms with Crippen molar-refractivity contribution >= 4 is 15.9 Å². The van der Waals surface area contributed by atoms with Gasteiger partial charge in [0.2, 0.25) is 5.82 Å². The topological polar surface area (TPSA) is 39.8 Å². The SMILES string of the molecule is Cc1cc(Br)ccc1-n1c(C(F)(F)F)nn(C)c1=O. The molecule has 0 radical (unpaired) electrons. The predicted octanol–water partition coefficient (Wildman–Crippen LogP) is 2.66. The lowest BCUT2D eigenvalue weighted by Crippen LogP contribution is -2.24. The summed E-state index contributed by atoms with van der Waals surface area (Å²) in [7, 11) is 1.18. The van der Waals surface area contributed by atoms with Crippen molar-refractivity contribution in [3.05, 3.63) is 44.5 Å². The maximum absolute atomic E-state index is 12.9. The van der Waals surface area contributed by atoms with Gasteiger partial charge in [-0.05, 0) is 30.7 Å². The second-order valence-electron chi connectivity index (χ2n) is 3.99. The Morgan fingerprint density at radius 2 is 1.95 bits per heavy atom. The lowest BCUT2D eigenvalue weighted by molar-refractivity contribution is -0.146. The maximum atomic E-state index is 12.9. The first-order valence-electron chi connectivity index (χ1n) is 5.21. The van der Waals surface area contributed by atoms with Crippen molar-refractivity contribution in [1.82, 2.24) is 14.3 Å². The number of hydrogen-bond acceptors (Lipinski definition) is 2. The van der Waals surface area contributed by atoms with Crippen molar-refractivity contribution < 1.29 is 13.2 Å². The molecule has 4 nitrogen and oxygen atoms in total. The average molecular weight is 336 g/mol. The van der Waals surface area contributed by atoms with E-state index in [1.54, 1.807) is 19.1 Å². The highest BCUT2D eigenvalue weighted by Crippen LogP contribution is 2.29. The van der Waals surface area contributed by atoms with Gasteiger partial charge in [0.15, 0.2) is 0 Å². The van der Waals surface area contributed by atoms with Crippen LogP contribution in [0, 0.1) is 6.92 Å². The summed E-state index contributed by atoms with van der Waals surface area (Å²) in [6.07, 6.45) is -4.69. The van der Waals surface area contributed by atoms with E-state index >= 15 is 0 Å². The number of aromatic nitrogens is 3. The first-order valence-corrected chi connectivity index (χ1v) is 6.01. The number of nitrogens with zero attached hydrogens (tertiary/aromatic N) is 3. The second-order valence-corrected chi connectivity index (χ2v) is 4.91. The van der Waals surface area contributed by atoms with Gasteiger partial charge in [-0.25, -0.2) is 14.0 Å². The molecule has 0 aliphatic rings. The van der Waals surface area contributed by atoms with Crippen LogP contribution in [0.1, 0.15) is 11.4 Å². The van der Waals surface area contributed by atoms with Gasteiger partial charge in [-0.3, -0.25) is 0 Å². The lowest BCUT2D eigenvalue weighted by atomic mass is 10.2.